The van der Waals surface area contributed by atoms with Crippen LogP contribution in [0.3, 0.4) is 0 Å². The van der Waals surface area contributed by atoms with Crippen molar-refractivity contribution in [2.45, 2.75) is 13.3 Å². The first-order valence-corrected chi connectivity index (χ1v) is 7.99. The van der Waals surface area contributed by atoms with Gasteiger partial charge < -0.3 is 4.74 Å². The number of hydrogen-bond acceptors (Lipinski definition) is 3. The minimum Gasteiger partial charge on any atom is -0.496 e. The van der Waals surface area contributed by atoms with Gasteiger partial charge in [0.25, 0.3) is 5.91 Å². The topological polar surface area (TPSA) is 50.7 Å². The molecule has 114 valence electrons. The van der Waals surface area contributed by atoms with Gasteiger partial charge in [-0.1, -0.05) is 37.3 Å². The molecule has 0 atom stereocenters. The first-order chi connectivity index (χ1) is 10.7. The Balaban J connectivity index is 2.14. The third kappa shape index (κ3) is 4.07. The molecule has 0 unspecified atom stereocenters. The maximum Gasteiger partial charge on any atom is 0.271 e. The second-order valence-corrected chi connectivity index (χ2v) is 5.73. The lowest BCUT2D eigenvalue weighted by Crippen LogP contribution is -2.20. The summed E-state index contributed by atoms with van der Waals surface area (Å²) in [5, 5.41) is 4.24. The van der Waals surface area contributed by atoms with Crippen molar-refractivity contribution >= 4 is 34.2 Å². The van der Waals surface area contributed by atoms with Crippen LogP contribution in [0.1, 0.15) is 29.3 Å². The highest BCUT2D eigenvalue weighted by Gasteiger charge is 2.09. The van der Waals surface area contributed by atoms with Crippen molar-refractivity contribution in [3.05, 3.63) is 63.2 Å². The van der Waals surface area contributed by atoms with E-state index in [-0.39, 0.29) is 5.91 Å². The fraction of sp³-hybridized carbons (Fsp3) is 0.176. The van der Waals surface area contributed by atoms with E-state index < -0.39 is 0 Å². The molecule has 0 aliphatic carbocycles. The zero-order valence-electron chi connectivity index (χ0n) is 12.5. The van der Waals surface area contributed by atoms with E-state index in [2.05, 4.69) is 33.1 Å². The van der Waals surface area contributed by atoms with Crippen LogP contribution in [0, 0.1) is 3.57 Å². The molecule has 0 saturated carbocycles. The molecule has 5 heteroatoms. The minimum absolute atomic E-state index is 0.234. The third-order valence-electron chi connectivity index (χ3n) is 3.15. The van der Waals surface area contributed by atoms with Crippen molar-refractivity contribution in [2.24, 2.45) is 5.10 Å². The molecule has 0 spiro atoms. The molecule has 0 aliphatic rings. The van der Waals surface area contributed by atoms with Gasteiger partial charge in [-0.2, -0.15) is 5.10 Å². The Labute approximate surface area is 143 Å². The molecule has 22 heavy (non-hydrogen) atoms. The summed E-state index contributed by atoms with van der Waals surface area (Å²) in [6.45, 7) is 2.01. The highest BCUT2D eigenvalue weighted by atomic mass is 127. The van der Waals surface area contributed by atoms with Crippen LogP contribution < -0.4 is 10.2 Å². The maximum atomic E-state index is 12.2. The van der Waals surface area contributed by atoms with Gasteiger partial charge in [-0.3, -0.25) is 4.79 Å². The fourth-order valence-electron chi connectivity index (χ4n) is 1.97. The molecular weight excluding hydrogens is 391 g/mol. The Kier molecular flexibility index (Phi) is 5.94. The van der Waals surface area contributed by atoms with Crippen molar-refractivity contribution in [1.29, 1.82) is 0 Å². The number of hydrazone groups is 1. The summed E-state index contributed by atoms with van der Waals surface area (Å²) in [7, 11) is 1.61. The van der Waals surface area contributed by atoms with E-state index >= 15 is 0 Å². The van der Waals surface area contributed by atoms with E-state index in [9.17, 15) is 4.79 Å². The first kappa shape index (κ1) is 16.5. The Morgan fingerprint density at radius 3 is 2.50 bits per heavy atom. The number of halogens is 1. The van der Waals surface area contributed by atoms with Crippen molar-refractivity contribution in [3.8, 4) is 5.75 Å². The summed E-state index contributed by atoms with van der Waals surface area (Å²) >= 11 is 2.14. The van der Waals surface area contributed by atoms with Gasteiger partial charge in [-0.25, -0.2) is 5.43 Å². The molecule has 1 N–H and O–H groups in total. The quantitative estimate of drug-likeness (QED) is 0.464. The Morgan fingerprint density at radius 1 is 1.18 bits per heavy atom. The van der Waals surface area contributed by atoms with Crippen LogP contribution >= 0.6 is 22.6 Å². The standard InChI is InChI=1S/C17H17IN2O2/c1-3-15(12-7-5-4-6-8-12)19-20-17(21)13-9-10-16(22-2)14(18)11-13/h4-11H,3H2,1-2H3,(H,20,21). The summed E-state index contributed by atoms with van der Waals surface area (Å²) in [6.07, 6.45) is 0.741. The van der Waals surface area contributed by atoms with Crippen molar-refractivity contribution in [1.82, 2.24) is 5.43 Å². The highest BCUT2D eigenvalue weighted by Crippen LogP contribution is 2.21. The predicted octanol–water partition coefficient (Wildman–Crippen LogP) is 3.84. The second-order valence-electron chi connectivity index (χ2n) is 4.57. The SMILES string of the molecule is CCC(=NNC(=O)c1ccc(OC)c(I)c1)c1ccccc1. The second kappa shape index (κ2) is 7.93. The van der Waals surface area contributed by atoms with Gasteiger partial charge in [0.15, 0.2) is 0 Å². The van der Waals surface area contributed by atoms with E-state index in [0.717, 1.165) is 27.0 Å². The lowest BCUT2D eigenvalue weighted by atomic mass is 10.1. The molecular formula is C17H17IN2O2. The molecule has 0 aliphatic heterocycles. The number of carbonyl (C=O) groups is 1. The van der Waals surface area contributed by atoms with Crippen LogP contribution in [0.2, 0.25) is 0 Å². The summed E-state index contributed by atoms with van der Waals surface area (Å²) in [5.41, 5.74) is 5.02. The minimum atomic E-state index is -0.234. The monoisotopic (exact) mass is 408 g/mol. The van der Waals surface area contributed by atoms with Gasteiger partial charge >= 0.3 is 0 Å². The molecule has 0 aromatic heterocycles. The molecule has 4 nitrogen and oxygen atoms in total. The van der Waals surface area contributed by atoms with Gasteiger partial charge in [0.2, 0.25) is 0 Å². The molecule has 0 radical (unpaired) electrons. The van der Waals surface area contributed by atoms with Crippen molar-refractivity contribution in [2.75, 3.05) is 7.11 Å². The number of methoxy groups -OCH3 is 1. The number of hydrogen-bond donors (Lipinski definition) is 1. The van der Waals surface area contributed by atoms with Crippen molar-refractivity contribution in [3.63, 3.8) is 0 Å². The van der Waals surface area contributed by atoms with Crippen LogP contribution in [0.15, 0.2) is 53.6 Å². The Morgan fingerprint density at radius 2 is 1.91 bits per heavy atom. The highest BCUT2D eigenvalue weighted by molar-refractivity contribution is 14.1. The maximum absolute atomic E-state index is 12.2. The summed E-state index contributed by atoms with van der Waals surface area (Å²) in [5.74, 6) is 0.515. The molecule has 2 rings (SSSR count). The van der Waals surface area contributed by atoms with E-state index in [1.165, 1.54) is 0 Å². The molecule has 0 saturated heterocycles. The average molecular weight is 408 g/mol. The number of rotatable bonds is 5. The Bertz CT molecular complexity index is 684. The van der Waals surface area contributed by atoms with Gasteiger partial charge in [0.1, 0.15) is 5.75 Å². The van der Waals surface area contributed by atoms with E-state index in [4.69, 9.17) is 4.74 Å². The normalized spacial score (nSPS) is 11.1. The lowest BCUT2D eigenvalue weighted by molar-refractivity contribution is 0.0954. The van der Waals surface area contributed by atoms with Crippen LogP contribution in [-0.2, 0) is 0 Å². The van der Waals surface area contributed by atoms with Crippen LogP contribution in [0.4, 0.5) is 0 Å². The van der Waals surface area contributed by atoms with Gasteiger partial charge in [0, 0.05) is 5.56 Å². The third-order valence-corrected chi connectivity index (χ3v) is 3.99. The number of carbonyl (C=O) groups excluding carboxylic acids is 1. The Hall–Kier alpha value is -1.89. The largest absolute Gasteiger partial charge is 0.496 e. The van der Waals surface area contributed by atoms with Crippen molar-refractivity contribution < 1.29 is 9.53 Å². The molecule has 0 bridgehead atoms. The number of nitrogens with zero attached hydrogens (tertiary/aromatic N) is 1. The van der Waals surface area contributed by atoms with Crippen LogP contribution in [0.25, 0.3) is 0 Å². The van der Waals surface area contributed by atoms with Gasteiger partial charge in [-0.15, -0.1) is 0 Å². The first-order valence-electron chi connectivity index (χ1n) is 6.91. The number of ether oxygens (including phenoxy) is 1. The average Bonchev–Trinajstić information content (AvgIpc) is 2.56. The summed E-state index contributed by atoms with van der Waals surface area (Å²) in [6, 6.07) is 15.1. The van der Waals surface area contributed by atoms with Crippen LogP contribution in [-0.4, -0.2) is 18.7 Å². The molecule has 2 aromatic rings. The summed E-state index contributed by atoms with van der Waals surface area (Å²) < 4.78 is 6.07. The van der Waals surface area contributed by atoms with E-state index in [1.807, 2.05) is 37.3 Å². The zero-order valence-corrected chi connectivity index (χ0v) is 14.6. The van der Waals surface area contributed by atoms with Crippen LogP contribution in [0.5, 0.6) is 5.75 Å². The lowest BCUT2D eigenvalue weighted by Gasteiger charge is -2.07. The number of amides is 1. The van der Waals surface area contributed by atoms with Gasteiger partial charge in [0.05, 0.1) is 16.4 Å². The summed E-state index contributed by atoms with van der Waals surface area (Å²) in [4.78, 5) is 12.2. The van der Waals surface area contributed by atoms with E-state index in [1.54, 1.807) is 25.3 Å². The number of nitrogens with one attached hydrogen (secondary N) is 1. The zero-order chi connectivity index (χ0) is 15.9. The molecule has 2 aromatic carbocycles. The molecule has 0 heterocycles. The van der Waals surface area contributed by atoms with Gasteiger partial charge in [-0.05, 0) is 52.8 Å². The fourth-order valence-corrected chi connectivity index (χ4v) is 2.70. The predicted molar refractivity (Wildman–Crippen MR) is 96.4 cm³/mol. The molecule has 1 amide bonds. The smallest absolute Gasteiger partial charge is 0.271 e. The number of benzene rings is 2. The van der Waals surface area contributed by atoms with E-state index in [0.29, 0.717) is 5.56 Å². The molecule has 0 fully saturated rings.